The Morgan fingerprint density at radius 1 is 1.12 bits per heavy atom. The predicted molar refractivity (Wildman–Crippen MR) is 96.9 cm³/mol. The van der Waals surface area contributed by atoms with Gasteiger partial charge in [-0.15, -0.1) is 0 Å². The molecule has 3 atom stereocenters. The Hall–Kier alpha value is -1.65. The quantitative estimate of drug-likeness (QED) is 0.229. The van der Waals surface area contributed by atoms with E-state index >= 15 is 0 Å². The van der Waals surface area contributed by atoms with E-state index in [2.05, 4.69) is 13.0 Å². The third-order valence-electron chi connectivity index (χ3n) is 3.78. The SMILES string of the molecule is CCC1OC1C/C=C/CC(O)/C=C/C=C/C/C=C/CCCC(=O)O. The molecule has 1 aliphatic rings. The van der Waals surface area contributed by atoms with Gasteiger partial charge in [0.05, 0.1) is 18.3 Å². The minimum Gasteiger partial charge on any atom is -0.481 e. The molecule has 0 radical (unpaired) electrons. The zero-order valence-electron chi connectivity index (χ0n) is 14.5. The molecule has 0 aromatic heterocycles. The number of carboxylic acids is 1. The van der Waals surface area contributed by atoms with Crippen molar-refractivity contribution < 1.29 is 19.7 Å². The van der Waals surface area contributed by atoms with E-state index in [0.29, 0.717) is 25.0 Å². The summed E-state index contributed by atoms with van der Waals surface area (Å²) in [5.74, 6) is -0.743. The monoisotopic (exact) mass is 334 g/mol. The van der Waals surface area contributed by atoms with E-state index in [-0.39, 0.29) is 6.42 Å². The molecule has 0 amide bonds. The van der Waals surface area contributed by atoms with E-state index in [9.17, 15) is 9.90 Å². The summed E-state index contributed by atoms with van der Waals surface area (Å²) >= 11 is 0. The molecule has 1 fully saturated rings. The molecule has 0 spiro atoms. The summed E-state index contributed by atoms with van der Waals surface area (Å²) in [7, 11) is 0. The minimum absolute atomic E-state index is 0.224. The number of unbranched alkanes of at least 4 members (excludes halogenated alkanes) is 1. The molecule has 0 aromatic rings. The fraction of sp³-hybridized carbons (Fsp3) is 0.550. The fourth-order valence-corrected chi connectivity index (χ4v) is 2.30. The highest BCUT2D eigenvalue weighted by molar-refractivity contribution is 5.66. The second-order valence-electron chi connectivity index (χ2n) is 5.94. The maximum atomic E-state index is 10.3. The van der Waals surface area contributed by atoms with Crippen molar-refractivity contribution in [3.05, 3.63) is 48.6 Å². The number of aliphatic hydroxyl groups is 1. The minimum atomic E-state index is -0.743. The number of hydrogen-bond acceptors (Lipinski definition) is 3. The van der Waals surface area contributed by atoms with E-state index in [4.69, 9.17) is 9.84 Å². The lowest BCUT2D eigenvalue weighted by molar-refractivity contribution is -0.137. The maximum absolute atomic E-state index is 10.3. The first kappa shape index (κ1) is 20.4. The predicted octanol–water partition coefficient (Wildman–Crippen LogP) is 4.17. The van der Waals surface area contributed by atoms with Crippen LogP contribution in [0.15, 0.2) is 48.6 Å². The van der Waals surface area contributed by atoms with Crippen molar-refractivity contribution in [2.45, 2.75) is 70.2 Å². The van der Waals surface area contributed by atoms with Gasteiger partial charge in [-0.25, -0.2) is 0 Å². The number of aliphatic carboxylic acids is 1. The van der Waals surface area contributed by atoms with Crippen LogP contribution in [0.4, 0.5) is 0 Å². The second kappa shape index (κ2) is 12.7. The number of carboxylic acid groups (broad SMARTS) is 1. The van der Waals surface area contributed by atoms with Crippen LogP contribution in [0, 0.1) is 0 Å². The molecule has 0 aliphatic carbocycles. The van der Waals surface area contributed by atoms with Crippen molar-refractivity contribution in [3.8, 4) is 0 Å². The Balaban J connectivity index is 2.01. The zero-order chi connectivity index (χ0) is 17.6. The number of carbonyl (C=O) groups is 1. The third-order valence-corrected chi connectivity index (χ3v) is 3.78. The summed E-state index contributed by atoms with van der Waals surface area (Å²) in [4.78, 5) is 10.3. The summed E-state index contributed by atoms with van der Waals surface area (Å²) in [5.41, 5.74) is 0. The Kier molecular flexibility index (Phi) is 10.8. The van der Waals surface area contributed by atoms with E-state index in [1.54, 1.807) is 6.08 Å². The molecule has 1 saturated heterocycles. The van der Waals surface area contributed by atoms with Gasteiger partial charge in [-0.2, -0.15) is 0 Å². The molecule has 4 nitrogen and oxygen atoms in total. The number of ether oxygens (including phenoxy) is 1. The lowest BCUT2D eigenvalue weighted by atomic mass is 10.1. The van der Waals surface area contributed by atoms with Gasteiger partial charge in [0, 0.05) is 6.42 Å². The second-order valence-corrected chi connectivity index (χ2v) is 5.94. The van der Waals surface area contributed by atoms with Crippen molar-refractivity contribution in [2.75, 3.05) is 0 Å². The van der Waals surface area contributed by atoms with Gasteiger partial charge in [0.25, 0.3) is 0 Å². The van der Waals surface area contributed by atoms with Gasteiger partial charge in [-0.1, -0.05) is 55.5 Å². The number of epoxide rings is 1. The first-order valence-electron chi connectivity index (χ1n) is 8.82. The van der Waals surface area contributed by atoms with Crippen LogP contribution < -0.4 is 0 Å². The van der Waals surface area contributed by atoms with E-state index in [1.165, 1.54) is 0 Å². The average molecular weight is 334 g/mol. The van der Waals surface area contributed by atoms with Crippen LogP contribution in [0.1, 0.15) is 51.9 Å². The van der Waals surface area contributed by atoms with Crippen LogP contribution >= 0.6 is 0 Å². The van der Waals surface area contributed by atoms with Gasteiger partial charge >= 0.3 is 5.97 Å². The Labute approximate surface area is 145 Å². The van der Waals surface area contributed by atoms with Crippen LogP contribution in [0.2, 0.25) is 0 Å². The molecule has 1 aliphatic heterocycles. The third kappa shape index (κ3) is 11.0. The van der Waals surface area contributed by atoms with Crippen LogP contribution in [0.25, 0.3) is 0 Å². The number of allylic oxidation sites excluding steroid dienone is 5. The molecule has 2 N–H and O–H groups in total. The van der Waals surface area contributed by atoms with Gasteiger partial charge in [0.1, 0.15) is 0 Å². The summed E-state index contributed by atoms with van der Waals surface area (Å²) in [6.45, 7) is 2.13. The normalized spacial score (nSPS) is 22.2. The Morgan fingerprint density at radius 3 is 2.67 bits per heavy atom. The lowest BCUT2D eigenvalue weighted by Crippen LogP contribution is -1.99. The van der Waals surface area contributed by atoms with Crippen molar-refractivity contribution in [3.63, 3.8) is 0 Å². The van der Waals surface area contributed by atoms with Crippen molar-refractivity contribution in [2.24, 2.45) is 0 Å². The molecule has 1 rings (SSSR count). The van der Waals surface area contributed by atoms with Crippen molar-refractivity contribution in [1.29, 1.82) is 0 Å². The summed E-state index contributed by atoms with van der Waals surface area (Å²) in [6.07, 6.45) is 21.2. The standard InChI is InChI=1S/C20H30O4/c1-2-18-19(24-18)15-12-11-14-17(21)13-9-7-5-3-4-6-8-10-16-20(22)23/h4-7,9,11-13,17-19,21H,2-3,8,10,14-16H2,1H3,(H,22,23)/b6-4+,7-5+,12-11+,13-9+. The molecular formula is C20H30O4. The molecule has 0 saturated carbocycles. The highest BCUT2D eigenvalue weighted by atomic mass is 16.6. The molecular weight excluding hydrogens is 304 g/mol. The van der Waals surface area contributed by atoms with Gasteiger partial charge < -0.3 is 14.9 Å². The summed E-state index contributed by atoms with van der Waals surface area (Å²) < 4.78 is 5.45. The van der Waals surface area contributed by atoms with E-state index in [1.807, 2.05) is 36.5 Å². The molecule has 0 bridgehead atoms. The molecule has 0 aromatic carbocycles. The van der Waals surface area contributed by atoms with Crippen LogP contribution in [0.5, 0.6) is 0 Å². The number of aliphatic hydroxyl groups excluding tert-OH is 1. The number of rotatable bonds is 13. The van der Waals surface area contributed by atoms with Gasteiger partial charge in [0.15, 0.2) is 0 Å². The van der Waals surface area contributed by atoms with E-state index < -0.39 is 12.1 Å². The summed E-state index contributed by atoms with van der Waals surface area (Å²) in [5, 5.41) is 18.3. The molecule has 4 heteroatoms. The lowest BCUT2D eigenvalue weighted by Gasteiger charge is -1.98. The maximum Gasteiger partial charge on any atom is 0.303 e. The van der Waals surface area contributed by atoms with Gasteiger partial charge in [-0.3, -0.25) is 4.79 Å². The Bertz CT molecular complexity index is 462. The zero-order valence-corrected chi connectivity index (χ0v) is 14.5. The fourth-order valence-electron chi connectivity index (χ4n) is 2.30. The smallest absolute Gasteiger partial charge is 0.303 e. The molecule has 3 unspecified atom stereocenters. The molecule has 1 heterocycles. The first-order valence-corrected chi connectivity index (χ1v) is 8.82. The van der Waals surface area contributed by atoms with Crippen LogP contribution in [-0.4, -0.2) is 34.5 Å². The average Bonchev–Trinajstić information content (AvgIpc) is 3.31. The van der Waals surface area contributed by atoms with Crippen molar-refractivity contribution >= 4 is 5.97 Å². The number of hydrogen-bond donors (Lipinski definition) is 2. The van der Waals surface area contributed by atoms with Gasteiger partial charge in [-0.05, 0) is 38.5 Å². The largest absolute Gasteiger partial charge is 0.481 e. The Morgan fingerprint density at radius 2 is 1.96 bits per heavy atom. The van der Waals surface area contributed by atoms with Crippen molar-refractivity contribution in [1.82, 2.24) is 0 Å². The summed E-state index contributed by atoms with van der Waals surface area (Å²) in [6, 6.07) is 0. The van der Waals surface area contributed by atoms with E-state index in [0.717, 1.165) is 25.7 Å². The van der Waals surface area contributed by atoms with Crippen LogP contribution in [0.3, 0.4) is 0 Å². The molecule has 134 valence electrons. The van der Waals surface area contributed by atoms with Crippen LogP contribution in [-0.2, 0) is 9.53 Å². The topological polar surface area (TPSA) is 70.1 Å². The molecule has 24 heavy (non-hydrogen) atoms. The highest BCUT2D eigenvalue weighted by Crippen LogP contribution is 2.28. The highest BCUT2D eigenvalue weighted by Gasteiger charge is 2.35. The van der Waals surface area contributed by atoms with Gasteiger partial charge in [0.2, 0.25) is 0 Å². The first-order chi connectivity index (χ1) is 11.6.